The van der Waals surface area contributed by atoms with Crippen molar-refractivity contribution in [2.75, 3.05) is 25.0 Å². The van der Waals surface area contributed by atoms with Gasteiger partial charge in [0.1, 0.15) is 0 Å². The van der Waals surface area contributed by atoms with Crippen LogP contribution < -0.4 is 5.32 Å². The fraction of sp³-hybridized carbons (Fsp3) is 0.600. The van der Waals surface area contributed by atoms with Gasteiger partial charge in [-0.3, -0.25) is 9.78 Å². The van der Waals surface area contributed by atoms with Gasteiger partial charge in [0.25, 0.3) is 5.91 Å². The van der Waals surface area contributed by atoms with Gasteiger partial charge in [0.2, 0.25) is 0 Å². The maximum Gasteiger partial charge on any atom is 0.255 e. The number of hydrogen-bond donors (Lipinski definition) is 1. The molecule has 1 aliphatic rings. The third kappa shape index (κ3) is 3.94. The summed E-state index contributed by atoms with van der Waals surface area (Å²) in [6, 6.07) is 1.92. The summed E-state index contributed by atoms with van der Waals surface area (Å²) in [5.41, 5.74) is 1.64. The Balaban J connectivity index is 1.98. The number of aromatic nitrogens is 1. The fourth-order valence-corrected chi connectivity index (χ4v) is 2.34. The maximum absolute atomic E-state index is 12.3. The molecule has 2 rings (SSSR count). The van der Waals surface area contributed by atoms with Crippen LogP contribution in [0.15, 0.2) is 18.5 Å². The average Bonchev–Trinajstić information content (AvgIpc) is 2.48. The first-order valence-corrected chi connectivity index (χ1v) is 7.29. The fourth-order valence-electron chi connectivity index (χ4n) is 2.34. The minimum atomic E-state index is 0.117. The predicted octanol–water partition coefficient (Wildman–Crippen LogP) is 2.92. The first-order chi connectivity index (χ1) is 9.31. The SMILES string of the molecule is CCCCNc1cncc(C(=O)N2CCCCC2)c1. The van der Waals surface area contributed by atoms with Crippen LogP contribution in [0, 0.1) is 0 Å². The van der Waals surface area contributed by atoms with E-state index in [1.807, 2.05) is 11.0 Å². The van der Waals surface area contributed by atoms with E-state index in [1.165, 1.54) is 6.42 Å². The molecule has 4 heteroatoms. The average molecular weight is 261 g/mol. The lowest BCUT2D eigenvalue weighted by molar-refractivity contribution is 0.0724. The number of piperidine rings is 1. The minimum absolute atomic E-state index is 0.117. The molecule has 0 radical (unpaired) electrons. The Hall–Kier alpha value is -1.58. The van der Waals surface area contributed by atoms with Crippen molar-refractivity contribution in [2.45, 2.75) is 39.0 Å². The topological polar surface area (TPSA) is 45.2 Å². The van der Waals surface area contributed by atoms with Crippen LogP contribution in [0.5, 0.6) is 0 Å². The summed E-state index contributed by atoms with van der Waals surface area (Å²) in [6.45, 7) is 4.86. The van der Waals surface area contributed by atoms with Gasteiger partial charge in [0, 0.05) is 32.0 Å². The van der Waals surface area contributed by atoms with Crippen LogP contribution in [0.1, 0.15) is 49.4 Å². The highest BCUT2D eigenvalue weighted by Gasteiger charge is 2.18. The van der Waals surface area contributed by atoms with Crippen LogP contribution in [-0.4, -0.2) is 35.4 Å². The zero-order chi connectivity index (χ0) is 13.5. The molecule has 1 amide bonds. The molecule has 1 saturated heterocycles. The summed E-state index contributed by atoms with van der Waals surface area (Å²) in [6.07, 6.45) is 9.21. The summed E-state index contributed by atoms with van der Waals surface area (Å²) >= 11 is 0. The third-order valence-electron chi connectivity index (χ3n) is 3.49. The quantitative estimate of drug-likeness (QED) is 0.829. The molecule has 1 aromatic rings. The Morgan fingerprint density at radius 1 is 1.32 bits per heavy atom. The Kier molecular flexibility index (Phi) is 5.19. The number of likely N-dealkylation sites (tertiary alicyclic amines) is 1. The van der Waals surface area contributed by atoms with E-state index in [9.17, 15) is 4.79 Å². The lowest BCUT2D eigenvalue weighted by atomic mass is 10.1. The van der Waals surface area contributed by atoms with Gasteiger partial charge >= 0.3 is 0 Å². The number of anilines is 1. The van der Waals surface area contributed by atoms with E-state index in [0.29, 0.717) is 5.56 Å². The van der Waals surface area contributed by atoms with Crippen molar-refractivity contribution in [3.63, 3.8) is 0 Å². The molecule has 19 heavy (non-hydrogen) atoms. The van der Waals surface area contributed by atoms with Gasteiger partial charge in [-0.25, -0.2) is 0 Å². The van der Waals surface area contributed by atoms with Crippen molar-refractivity contribution in [1.29, 1.82) is 0 Å². The second kappa shape index (κ2) is 7.12. The van der Waals surface area contributed by atoms with E-state index in [0.717, 1.165) is 51.0 Å². The molecule has 2 heterocycles. The molecular weight excluding hydrogens is 238 g/mol. The number of nitrogens with zero attached hydrogens (tertiary/aromatic N) is 2. The van der Waals surface area contributed by atoms with E-state index in [4.69, 9.17) is 0 Å². The summed E-state index contributed by atoms with van der Waals surface area (Å²) in [4.78, 5) is 18.5. The largest absolute Gasteiger partial charge is 0.384 e. The molecule has 1 aromatic heterocycles. The molecule has 0 aliphatic carbocycles. The van der Waals surface area contributed by atoms with Gasteiger partial charge < -0.3 is 10.2 Å². The van der Waals surface area contributed by atoms with Crippen LogP contribution in [0.3, 0.4) is 0 Å². The van der Waals surface area contributed by atoms with Gasteiger partial charge in [-0.1, -0.05) is 13.3 Å². The molecule has 0 aromatic carbocycles. The van der Waals surface area contributed by atoms with Gasteiger partial charge in [-0.05, 0) is 31.7 Å². The lowest BCUT2D eigenvalue weighted by Gasteiger charge is -2.26. The number of carbonyl (C=O) groups excluding carboxylic acids is 1. The highest BCUT2D eigenvalue weighted by Crippen LogP contribution is 2.15. The number of pyridine rings is 1. The number of rotatable bonds is 5. The van der Waals surface area contributed by atoms with E-state index in [2.05, 4.69) is 17.2 Å². The van der Waals surface area contributed by atoms with Crippen LogP contribution in [0.25, 0.3) is 0 Å². The second-order valence-corrected chi connectivity index (χ2v) is 5.10. The Labute approximate surface area is 115 Å². The van der Waals surface area contributed by atoms with Crippen LogP contribution in [0.2, 0.25) is 0 Å². The van der Waals surface area contributed by atoms with Crippen molar-refractivity contribution >= 4 is 11.6 Å². The zero-order valence-corrected chi connectivity index (χ0v) is 11.7. The third-order valence-corrected chi connectivity index (χ3v) is 3.49. The molecule has 1 aliphatic heterocycles. The monoisotopic (exact) mass is 261 g/mol. The van der Waals surface area contributed by atoms with Crippen molar-refractivity contribution in [2.24, 2.45) is 0 Å². The molecule has 1 fully saturated rings. The molecule has 0 atom stereocenters. The molecule has 1 N–H and O–H groups in total. The Morgan fingerprint density at radius 2 is 2.11 bits per heavy atom. The van der Waals surface area contributed by atoms with Crippen LogP contribution >= 0.6 is 0 Å². The highest BCUT2D eigenvalue weighted by molar-refractivity contribution is 5.94. The highest BCUT2D eigenvalue weighted by atomic mass is 16.2. The van der Waals surface area contributed by atoms with E-state index in [-0.39, 0.29) is 5.91 Å². The first kappa shape index (κ1) is 13.8. The summed E-state index contributed by atoms with van der Waals surface area (Å²) in [5.74, 6) is 0.117. The molecular formula is C15H23N3O. The molecule has 4 nitrogen and oxygen atoms in total. The molecule has 0 unspecified atom stereocenters. The number of carbonyl (C=O) groups is 1. The Bertz CT molecular complexity index is 414. The Morgan fingerprint density at radius 3 is 2.84 bits per heavy atom. The van der Waals surface area contributed by atoms with Crippen molar-refractivity contribution in [3.8, 4) is 0 Å². The van der Waals surface area contributed by atoms with Gasteiger partial charge in [0.05, 0.1) is 11.3 Å². The van der Waals surface area contributed by atoms with Crippen molar-refractivity contribution < 1.29 is 4.79 Å². The van der Waals surface area contributed by atoms with Gasteiger partial charge in [-0.2, -0.15) is 0 Å². The first-order valence-electron chi connectivity index (χ1n) is 7.29. The minimum Gasteiger partial charge on any atom is -0.384 e. The maximum atomic E-state index is 12.3. The van der Waals surface area contributed by atoms with Crippen LogP contribution in [-0.2, 0) is 0 Å². The molecule has 0 saturated carbocycles. The smallest absolute Gasteiger partial charge is 0.255 e. The molecule has 104 valence electrons. The van der Waals surface area contributed by atoms with Gasteiger partial charge in [0.15, 0.2) is 0 Å². The normalized spacial score (nSPS) is 15.3. The predicted molar refractivity (Wildman–Crippen MR) is 77.4 cm³/mol. The lowest BCUT2D eigenvalue weighted by Crippen LogP contribution is -2.35. The molecule has 0 bridgehead atoms. The number of hydrogen-bond acceptors (Lipinski definition) is 3. The number of nitrogens with one attached hydrogen (secondary N) is 1. The van der Waals surface area contributed by atoms with Crippen molar-refractivity contribution in [3.05, 3.63) is 24.0 Å². The zero-order valence-electron chi connectivity index (χ0n) is 11.7. The summed E-state index contributed by atoms with van der Waals surface area (Å²) in [5, 5.41) is 3.31. The van der Waals surface area contributed by atoms with E-state index in [1.54, 1.807) is 12.4 Å². The van der Waals surface area contributed by atoms with Crippen molar-refractivity contribution in [1.82, 2.24) is 9.88 Å². The van der Waals surface area contributed by atoms with E-state index < -0.39 is 0 Å². The van der Waals surface area contributed by atoms with Gasteiger partial charge in [-0.15, -0.1) is 0 Å². The second-order valence-electron chi connectivity index (χ2n) is 5.10. The standard InChI is InChI=1S/C15H23N3O/c1-2-3-7-17-14-10-13(11-16-12-14)15(19)18-8-5-4-6-9-18/h10-12,17H,2-9H2,1H3. The van der Waals surface area contributed by atoms with E-state index >= 15 is 0 Å². The molecule has 0 spiro atoms. The summed E-state index contributed by atoms with van der Waals surface area (Å²) < 4.78 is 0. The van der Waals surface area contributed by atoms with Crippen LogP contribution in [0.4, 0.5) is 5.69 Å². The number of unbranched alkanes of at least 4 members (excludes halogenated alkanes) is 1. The summed E-state index contributed by atoms with van der Waals surface area (Å²) in [7, 11) is 0. The number of amides is 1.